The summed E-state index contributed by atoms with van der Waals surface area (Å²) in [5.41, 5.74) is 0.773. The second kappa shape index (κ2) is 2.97. The Morgan fingerprint density at radius 1 is 1.69 bits per heavy atom. The third-order valence-corrected chi connectivity index (χ3v) is 2.21. The van der Waals surface area contributed by atoms with Gasteiger partial charge in [0.25, 0.3) is 6.43 Å². The highest BCUT2D eigenvalue weighted by Crippen LogP contribution is 2.28. The zero-order valence-corrected chi connectivity index (χ0v) is 7.30. The highest BCUT2D eigenvalue weighted by atomic mass is 19.3. The SMILES string of the molecule is Cc1cc2n(n1)C(C(F)F)CCN2. The summed E-state index contributed by atoms with van der Waals surface area (Å²) in [6.45, 7) is 2.40. The van der Waals surface area contributed by atoms with E-state index < -0.39 is 12.5 Å². The van der Waals surface area contributed by atoms with Crippen LogP contribution in [-0.2, 0) is 0 Å². The number of nitrogens with zero attached hydrogens (tertiary/aromatic N) is 2. The fourth-order valence-corrected chi connectivity index (χ4v) is 1.60. The second-order valence-corrected chi connectivity index (χ2v) is 3.23. The van der Waals surface area contributed by atoms with Crippen molar-refractivity contribution in [3.63, 3.8) is 0 Å². The minimum Gasteiger partial charge on any atom is -0.370 e. The van der Waals surface area contributed by atoms with Crippen LogP contribution >= 0.6 is 0 Å². The first-order chi connectivity index (χ1) is 6.18. The molecule has 0 saturated heterocycles. The number of nitrogens with one attached hydrogen (secondary N) is 1. The van der Waals surface area contributed by atoms with Crippen LogP contribution in [0, 0.1) is 6.92 Å². The van der Waals surface area contributed by atoms with Crippen molar-refractivity contribution < 1.29 is 8.78 Å². The topological polar surface area (TPSA) is 29.9 Å². The lowest BCUT2D eigenvalue weighted by Crippen LogP contribution is -2.28. The Hall–Kier alpha value is -1.13. The molecule has 0 amide bonds. The Kier molecular flexibility index (Phi) is 1.94. The summed E-state index contributed by atoms with van der Waals surface area (Å²) in [5, 5.41) is 7.06. The first-order valence-corrected chi connectivity index (χ1v) is 4.26. The Balaban J connectivity index is 2.36. The number of anilines is 1. The average molecular weight is 187 g/mol. The largest absolute Gasteiger partial charge is 0.370 e. The summed E-state index contributed by atoms with van der Waals surface area (Å²) in [6, 6.07) is 1.03. The molecule has 1 aromatic rings. The number of alkyl halides is 2. The predicted octanol–water partition coefficient (Wildman–Crippen LogP) is 1.81. The Labute approximate surface area is 74.7 Å². The molecule has 1 unspecified atom stereocenters. The average Bonchev–Trinajstić information content (AvgIpc) is 2.43. The molecule has 1 aliphatic rings. The fourth-order valence-electron chi connectivity index (χ4n) is 1.60. The van der Waals surface area contributed by atoms with E-state index in [0.29, 0.717) is 18.8 Å². The van der Waals surface area contributed by atoms with Gasteiger partial charge in [0.15, 0.2) is 0 Å². The maximum atomic E-state index is 12.5. The van der Waals surface area contributed by atoms with E-state index in [-0.39, 0.29) is 0 Å². The van der Waals surface area contributed by atoms with Crippen LogP contribution in [0.25, 0.3) is 0 Å². The van der Waals surface area contributed by atoms with Crippen LogP contribution in [0.3, 0.4) is 0 Å². The van der Waals surface area contributed by atoms with Gasteiger partial charge >= 0.3 is 0 Å². The molecule has 2 heterocycles. The second-order valence-electron chi connectivity index (χ2n) is 3.23. The van der Waals surface area contributed by atoms with E-state index in [0.717, 1.165) is 5.69 Å². The predicted molar refractivity (Wildman–Crippen MR) is 45.1 cm³/mol. The van der Waals surface area contributed by atoms with Gasteiger partial charge in [0.05, 0.1) is 5.69 Å². The molecule has 0 bridgehead atoms. The number of hydrogen-bond acceptors (Lipinski definition) is 2. The van der Waals surface area contributed by atoms with Gasteiger partial charge in [-0.25, -0.2) is 13.5 Å². The van der Waals surface area contributed by atoms with Crippen molar-refractivity contribution in [1.82, 2.24) is 9.78 Å². The molecule has 2 rings (SSSR count). The zero-order chi connectivity index (χ0) is 9.42. The molecule has 0 spiro atoms. The standard InChI is InChI=1S/C8H11F2N3/c1-5-4-7-11-3-2-6(8(9)10)13(7)12-5/h4,6,8,11H,2-3H2,1H3. The minimum absolute atomic E-state index is 0.436. The van der Waals surface area contributed by atoms with E-state index in [4.69, 9.17) is 0 Å². The van der Waals surface area contributed by atoms with Crippen LogP contribution in [-0.4, -0.2) is 22.8 Å². The highest BCUT2D eigenvalue weighted by molar-refractivity contribution is 5.38. The molecule has 0 saturated carbocycles. The molecule has 3 nitrogen and oxygen atoms in total. The van der Waals surface area contributed by atoms with Crippen molar-refractivity contribution in [2.75, 3.05) is 11.9 Å². The first-order valence-electron chi connectivity index (χ1n) is 4.26. The maximum absolute atomic E-state index is 12.5. The van der Waals surface area contributed by atoms with Crippen LogP contribution in [0.15, 0.2) is 6.07 Å². The number of halogens is 2. The molecule has 13 heavy (non-hydrogen) atoms. The van der Waals surface area contributed by atoms with E-state index in [1.807, 2.05) is 0 Å². The molecular formula is C8H11F2N3. The van der Waals surface area contributed by atoms with Crippen LogP contribution < -0.4 is 5.32 Å². The Morgan fingerprint density at radius 2 is 2.46 bits per heavy atom. The smallest absolute Gasteiger partial charge is 0.260 e. The molecule has 5 heteroatoms. The van der Waals surface area contributed by atoms with Gasteiger partial charge in [0, 0.05) is 12.6 Å². The molecule has 1 aliphatic heterocycles. The van der Waals surface area contributed by atoms with Crippen molar-refractivity contribution in [3.8, 4) is 0 Å². The van der Waals surface area contributed by atoms with E-state index in [1.165, 1.54) is 4.68 Å². The summed E-state index contributed by atoms with van der Waals surface area (Å²) in [5.74, 6) is 0.703. The fraction of sp³-hybridized carbons (Fsp3) is 0.625. The normalized spacial score (nSPS) is 21.4. The highest BCUT2D eigenvalue weighted by Gasteiger charge is 2.28. The van der Waals surface area contributed by atoms with E-state index in [9.17, 15) is 8.78 Å². The van der Waals surface area contributed by atoms with Gasteiger partial charge in [-0.2, -0.15) is 5.10 Å². The van der Waals surface area contributed by atoms with Crippen molar-refractivity contribution in [3.05, 3.63) is 11.8 Å². The number of fused-ring (bicyclic) bond motifs is 1. The third kappa shape index (κ3) is 1.38. The monoisotopic (exact) mass is 187 g/mol. The third-order valence-electron chi connectivity index (χ3n) is 2.21. The summed E-state index contributed by atoms with van der Waals surface area (Å²) in [7, 11) is 0. The molecule has 1 N–H and O–H groups in total. The lowest BCUT2D eigenvalue weighted by Gasteiger charge is -2.24. The van der Waals surface area contributed by atoms with Gasteiger partial charge in [-0.15, -0.1) is 0 Å². The van der Waals surface area contributed by atoms with Gasteiger partial charge < -0.3 is 5.32 Å². The number of aryl methyl sites for hydroxylation is 1. The lowest BCUT2D eigenvalue weighted by atomic mass is 10.2. The minimum atomic E-state index is -2.33. The molecule has 72 valence electrons. The van der Waals surface area contributed by atoms with Crippen molar-refractivity contribution >= 4 is 5.82 Å². The van der Waals surface area contributed by atoms with Crippen LogP contribution in [0.2, 0.25) is 0 Å². The van der Waals surface area contributed by atoms with E-state index in [2.05, 4.69) is 10.4 Å². The van der Waals surface area contributed by atoms with Gasteiger partial charge in [0.1, 0.15) is 11.9 Å². The van der Waals surface area contributed by atoms with Gasteiger partial charge in [-0.1, -0.05) is 0 Å². The van der Waals surface area contributed by atoms with Gasteiger partial charge in [-0.05, 0) is 13.3 Å². The summed E-state index contributed by atoms with van der Waals surface area (Å²) >= 11 is 0. The molecule has 1 aromatic heterocycles. The lowest BCUT2D eigenvalue weighted by molar-refractivity contribution is 0.0714. The summed E-state index contributed by atoms with van der Waals surface area (Å²) in [6.07, 6.45) is -1.90. The number of rotatable bonds is 1. The van der Waals surface area contributed by atoms with Crippen LogP contribution in [0.5, 0.6) is 0 Å². The molecular weight excluding hydrogens is 176 g/mol. The Bertz CT molecular complexity index is 308. The first kappa shape index (κ1) is 8.47. The zero-order valence-electron chi connectivity index (χ0n) is 7.30. The summed E-state index contributed by atoms with van der Waals surface area (Å²) < 4.78 is 26.4. The molecule has 0 radical (unpaired) electrons. The van der Waals surface area contributed by atoms with E-state index in [1.54, 1.807) is 13.0 Å². The molecule has 0 aromatic carbocycles. The molecule has 0 fully saturated rings. The van der Waals surface area contributed by atoms with Gasteiger partial charge in [-0.3, -0.25) is 0 Å². The quantitative estimate of drug-likeness (QED) is 0.726. The molecule has 0 aliphatic carbocycles. The van der Waals surface area contributed by atoms with E-state index >= 15 is 0 Å². The maximum Gasteiger partial charge on any atom is 0.260 e. The van der Waals surface area contributed by atoms with Crippen molar-refractivity contribution in [2.45, 2.75) is 25.8 Å². The molecule has 1 atom stereocenters. The summed E-state index contributed by atoms with van der Waals surface area (Å²) in [4.78, 5) is 0. The van der Waals surface area contributed by atoms with Crippen LogP contribution in [0.4, 0.5) is 14.6 Å². The number of hydrogen-bond donors (Lipinski definition) is 1. The van der Waals surface area contributed by atoms with Crippen LogP contribution in [0.1, 0.15) is 18.2 Å². The van der Waals surface area contributed by atoms with Gasteiger partial charge in [0.2, 0.25) is 0 Å². The van der Waals surface area contributed by atoms with Crippen molar-refractivity contribution in [2.24, 2.45) is 0 Å². The van der Waals surface area contributed by atoms with Crippen molar-refractivity contribution in [1.29, 1.82) is 0 Å². The Morgan fingerprint density at radius 3 is 3.15 bits per heavy atom. The number of aromatic nitrogens is 2.